The molecular formula is C40H50N14Ru2. The van der Waals surface area contributed by atoms with E-state index in [4.69, 9.17) is 21.0 Å². The molecule has 0 saturated heterocycles. The number of rotatable bonds is 12. The Morgan fingerprint density at radius 3 is 0.554 bits per heavy atom. The molecule has 0 amide bonds. The first-order valence-corrected chi connectivity index (χ1v) is 16.3. The van der Waals surface area contributed by atoms with Gasteiger partial charge in [0, 0.05) is 0 Å². The molecule has 0 bridgehead atoms. The van der Waals surface area contributed by atoms with Gasteiger partial charge in [0.25, 0.3) is 0 Å². The van der Waals surface area contributed by atoms with Crippen LogP contribution in [-0.4, -0.2) is 56.4 Å². The quantitative estimate of drug-likeness (QED) is 0.0797. The van der Waals surface area contributed by atoms with Crippen molar-refractivity contribution in [2.75, 3.05) is 56.4 Å². The standard InChI is InChI=1S/4C9H12N2.2C2HN3.2Ru/c4*1-10-9(11-2)8-6-4-3-5-7-8;2*3-1-5-2-4;;/h4*3-7,9H,1-2H3;2*5H;;/q4*-2;;;2*+4. The van der Waals surface area contributed by atoms with Crippen LogP contribution in [0.25, 0.3) is 42.5 Å². The third-order valence-corrected chi connectivity index (χ3v) is 6.57. The Morgan fingerprint density at radius 2 is 0.464 bits per heavy atom. The van der Waals surface area contributed by atoms with Gasteiger partial charge in [-0.15, -0.1) is 0 Å². The third-order valence-electron chi connectivity index (χ3n) is 6.57. The van der Waals surface area contributed by atoms with Gasteiger partial charge in [0.1, 0.15) is 0 Å². The van der Waals surface area contributed by atoms with E-state index in [-0.39, 0.29) is 63.6 Å². The molecule has 0 fully saturated rings. The van der Waals surface area contributed by atoms with Gasteiger partial charge in [-0.2, -0.15) is 77.4 Å². The van der Waals surface area contributed by atoms with Gasteiger partial charge in [-0.25, -0.2) is 35.3 Å². The van der Waals surface area contributed by atoms with E-state index in [9.17, 15) is 0 Å². The summed E-state index contributed by atoms with van der Waals surface area (Å²) < 4.78 is 0. The summed E-state index contributed by atoms with van der Waals surface area (Å²) in [6, 6.07) is 40.2. The number of nitrogens with zero attached hydrogens (tertiary/aromatic N) is 12. The minimum atomic E-state index is 0. The maximum Gasteiger partial charge on any atom is 4.00 e. The first-order chi connectivity index (χ1) is 26.4. The number of nitrogens with one attached hydrogen (secondary N) is 2. The van der Waals surface area contributed by atoms with Crippen molar-refractivity contribution in [3.63, 3.8) is 0 Å². The monoisotopic (exact) mass is 930 g/mol. The van der Waals surface area contributed by atoms with Crippen molar-refractivity contribution >= 4 is 0 Å². The van der Waals surface area contributed by atoms with Crippen LogP contribution >= 0.6 is 0 Å². The number of hydrogen-bond donors (Lipinski definition) is 2. The molecule has 4 rings (SSSR count). The fourth-order valence-electron chi connectivity index (χ4n) is 4.21. The van der Waals surface area contributed by atoms with Crippen molar-refractivity contribution in [1.82, 2.24) is 10.6 Å². The topological polar surface area (TPSA) is 232 Å². The van der Waals surface area contributed by atoms with E-state index in [1.807, 2.05) is 121 Å². The molecule has 0 radical (unpaired) electrons. The minimum Gasteiger partial charge on any atom is -0.677 e. The molecular weight excluding hydrogens is 879 g/mol. The molecule has 0 aromatic heterocycles. The maximum absolute atomic E-state index is 7.48. The van der Waals surface area contributed by atoms with Crippen LogP contribution in [0, 0.1) is 45.8 Å². The van der Waals surface area contributed by atoms with Crippen molar-refractivity contribution in [2.24, 2.45) is 0 Å². The van der Waals surface area contributed by atoms with E-state index in [0.717, 1.165) is 22.3 Å². The molecule has 0 saturated carbocycles. The second kappa shape index (κ2) is 43.1. The van der Waals surface area contributed by atoms with Crippen LogP contribution in [0.1, 0.15) is 46.9 Å². The van der Waals surface area contributed by atoms with E-state index in [1.54, 1.807) is 67.0 Å². The number of nitriles is 4. The molecule has 16 heteroatoms. The van der Waals surface area contributed by atoms with Gasteiger partial charge in [-0.3, -0.25) is 0 Å². The fraction of sp³-hybridized carbons (Fsp3) is 0.300. The van der Waals surface area contributed by atoms with E-state index in [0.29, 0.717) is 0 Å². The van der Waals surface area contributed by atoms with Crippen molar-refractivity contribution in [3.8, 4) is 24.8 Å². The summed E-state index contributed by atoms with van der Waals surface area (Å²) in [7, 11) is 14.3. The summed E-state index contributed by atoms with van der Waals surface area (Å²) in [6.45, 7) is 0. The van der Waals surface area contributed by atoms with Gasteiger partial charge in [0.2, 0.25) is 0 Å². The summed E-state index contributed by atoms with van der Waals surface area (Å²) in [4.78, 5) is 0. The second-order valence-electron chi connectivity index (χ2n) is 9.90. The number of hydrogen-bond acceptors (Lipinski definition) is 6. The molecule has 0 atom stereocenters. The molecule has 0 aliphatic rings. The molecule has 14 nitrogen and oxygen atoms in total. The zero-order valence-corrected chi connectivity index (χ0v) is 36.4. The largest absolute Gasteiger partial charge is 4.00 e. The summed E-state index contributed by atoms with van der Waals surface area (Å²) >= 11 is 0. The Hall–Kier alpha value is -4.63. The Balaban J connectivity index is -0.000000295. The van der Waals surface area contributed by atoms with Gasteiger partial charge in [-0.05, 0) is 0 Å². The van der Waals surface area contributed by atoms with Gasteiger partial charge in [-0.1, -0.05) is 144 Å². The molecule has 4 aromatic rings. The molecule has 4 aromatic carbocycles. The molecule has 0 aliphatic carbocycles. The second-order valence-corrected chi connectivity index (χ2v) is 9.90. The molecule has 296 valence electrons. The van der Waals surface area contributed by atoms with E-state index in [2.05, 4.69) is 42.5 Å². The molecule has 0 unspecified atom stereocenters. The van der Waals surface area contributed by atoms with Crippen molar-refractivity contribution in [1.29, 1.82) is 21.0 Å². The Kier molecular flexibility index (Phi) is 44.7. The number of benzene rings is 4. The Labute approximate surface area is 360 Å². The first kappa shape index (κ1) is 58.1. The van der Waals surface area contributed by atoms with Crippen LogP contribution in [0.4, 0.5) is 0 Å². The third kappa shape index (κ3) is 28.8. The van der Waals surface area contributed by atoms with Crippen LogP contribution in [-0.2, 0) is 39.0 Å². The van der Waals surface area contributed by atoms with Gasteiger partial charge in [0.05, 0.1) is 0 Å². The molecule has 56 heavy (non-hydrogen) atoms. The average Bonchev–Trinajstić information content (AvgIpc) is 3.23. The van der Waals surface area contributed by atoms with E-state index >= 15 is 0 Å². The SMILES string of the molecule is C[N-]C([N-]C)c1ccccc1.C[N-]C([N-]C)c1ccccc1.C[N-]C([N-]C)c1ccccc1.C[N-]C([N-]C)c1ccccc1.N#CNC#N.N#CNC#N.[Ru+4].[Ru+4]. The van der Waals surface area contributed by atoms with Gasteiger partial charge in [0.15, 0.2) is 24.8 Å². The predicted octanol–water partition coefficient (Wildman–Crippen LogP) is 9.84. The van der Waals surface area contributed by atoms with Gasteiger partial charge >= 0.3 is 39.0 Å². The Morgan fingerprint density at radius 1 is 0.321 bits per heavy atom. The minimum absolute atomic E-state index is 0. The van der Waals surface area contributed by atoms with Crippen molar-refractivity contribution < 1.29 is 39.0 Å². The zero-order valence-electron chi connectivity index (χ0n) is 32.9. The van der Waals surface area contributed by atoms with Crippen molar-refractivity contribution in [3.05, 3.63) is 186 Å². The van der Waals surface area contributed by atoms with Crippen LogP contribution in [0.5, 0.6) is 0 Å². The normalized spacial score (nSPS) is 8.86. The smallest absolute Gasteiger partial charge is 0.677 e. The summed E-state index contributed by atoms with van der Waals surface area (Å²) in [5, 5.41) is 66.3. The van der Waals surface area contributed by atoms with E-state index in [1.165, 1.54) is 24.8 Å². The van der Waals surface area contributed by atoms with Crippen LogP contribution in [0.3, 0.4) is 0 Å². The fourth-order valence-corrected chi connectivity index (χ4v) is 4.21. The van der Waals surface area contributed by atoms with Crippen LogP contribution < -0.4 is 10.6 Å². The van der Waals surface area contributed by atoms with Crippen molar-refractivity contribution in [2.45, 2.75) is 24.7 Å². The summed E-state index contributed by atoms with van der Waals surface area (Å²) in [5.41, 5.74) is 4.60. The van der Waals surface area contributed by atoms with Gasteiger partial charge < -0.3 is 42.5 Å². The predicted molar refractivity (Wildman–Crippen MR) is 220 cm³/mol. The summed E-state index contributed by atoms with van der Waals surface area (Å²) in [6.07, 6.45) is 5.67. The molecule has 0 aliphatic heterocycles. The first-order valence-electron chi connectivity index (χ1n) is 16.3. The molecule has 0 spiro atoms. The molecule has 0 heterocycles. The Bertz CT molecular complexity index is 1320. The zero-order chi connectivity index (χ0) is 40.7. The maximum atomic E-state index is 7.48. The van der Waals surface area contributed by atoms with E-state index < -0.39 is 0 Å². The van der Waals surface area contributed by atoms with Crippen LogP contribution in [0.2, 0.25) is 0 Å². The molecule has 2 N–H and O–H groups in total. The van der Waals surface area contributed by atoms with Crippen LogP contribution in [0.15, 0.2) is 121 Å². The average molecular weight is 929 g/mol. The summed E-state index contributed by atoms with van der Waals surface area (Å²) in [5.74, 6) is 0.